The van der Waals surface area contributed by atoms with Gasteiger partial charge in [-0.3, -0.25) is 0 Å². The van der Waals surface area contributed by atoms with Crippen molar-refractivity contribution < 1.29 is 13.9 Å². The quantitative estimate of drug-likeness (QED) is 0.842. The van der Waals surface area contributed by atoms with Crippen LogP contribution in [0.4, 0.5) is 8.78 Å². The first-order chi connectivity index (χ1) is 9.93. The van der Waals surface area contributed by atoms with Crippen LogP contribution in [0, 0.1) is 11.6 Å². The van der Waals surface area contributed by atoms with E-state index >= 15 is 0 Å². The summed E-state index contributed by atoms with van der Waals surface area (Å²) in [6, 6.07) is 8.54. The zero-order chi connectivity index (χ0) is 15.6. The summed E-state index contributed by atoms with van der Waals surface area (Å²) in [5.74, 6) is -1.85. The van der Waals surface area contributed by atoms with Crippen molar-refractivity contribution in [1.29, 1.82) is 0 Å². The van der Waals surface area contributed by atoms with E-state index in [0.717, 1.165) is 0 Å². The molecule has 0 aromatic heterocycles. The summed E-state index contributed by atoms with van der Waals surface area (Å²) in [6.07, 6.45) is -1.14. The lowest BCUT2D eigenvalue weighted by molar-refractivity contribution is 0.145. The Morgan fingerprint density at radius 2 is 1.95 bits per heavy atom. The number of aliphatic hydroxyl groups is 1. The predicted octanol–water partition coefficient (Wildman–Crippen LogP) is 4.16. The largest absolute Gasteiger partial charge is 0.388 e. The number of aliphatic hydroxyl groups excluding tert-OH is 1. The van der Waals surface area contributed by atoms with E-state index < -0.39 is 23.7 Å². The second kappa shape index (κ2) is 6.83. The first kappa shape index (κ1) is 16.4. The fourth-order valence-corrected chi connectivity index (χ4v) is 2.88. The van der Waals surface area contributed by atoms with Crippen molar-refractivity contribution in [3.63, 3.8) is 0 Å². The van der Waals surface area contributed by atoms with Crippen LogP contribution in [0.5, 0.6) is 0 Å². The lowest BCUT2D eigenvalue weighted by Crippen LogP contribution is -2.21. The molecule has 2 nitrogen and oxygen atoms in total. The van der Waals surface area contributed by atoms with Gasteiger partial charge in [0.2, 0.25) is 0 Å². The molecule has 0 spiro atoms. The van der Waals surface area contributed by atoms with E-state index in [1.54, 1.807) is 12.1 Å². The van der Waals surface area contributed by atoms with Crippen LogP contribution in [-0.2, 0) is 0 Å². The van der Waals surface area contributed by atoms with E-state index in [-0.39, 0.29) is 17.1 Å². The Morgan fingerprint density at radius 3 is 2.57 bits per heavy atom. The van der Waals surface area contributed by atoms with Gasteiger partial charge in [0.05, 0.1) is 11.1 Å². The summed E-state index contributed by atoms with van der Waals surface area (Å²) >= 11 is 8.91. The molecular formula is C15H13BrClF2NO. The first-order valence-corrected chi connectivity index (χ1v) is 7.39. The Bertz CT molecular complexity index is 633. The molecule has 0 radical (unpaired) electrons. The average Bonchev–Trinajstić information content (AvgIpc) is 2.43. The molecule has 2 rings (SSSR count). The van der Waals surface area contributed by atoms with Gasteiger partial charge < -0.3 is 10.8 Å². The molecular weight excluding hydrogens is 364 g/mol. The van der Waals surface area contributed by atoms with E-state index in [1.807, 2.05) is 0 Å². The van der Waals surface area contributed by atoms with E-state index in [1.165, 1.54) is 24.3 Å². The van der Waals surface area contributed by atoms with E-state index in [2.05, 4.69) is 15.9 Å². The van der Waals surface area contributed by atoms with Crippen LogP contribution in [-0.4, -0.2) is 11.7 Å². The molecule has 2 aromatic rings. The minimum Gasteiger partial charge on any atom is -0.388 e. The molecule has 0 saturated heterocycles. The molecule has 2 atom stereocenters. The maximum atomic E-state index is 14.1. The predicted molar refractivity (Wildman–Crippen MR) is 82.3 cm³/mol. The Labute approximate surface area is 134 Å². The second-order valence-electron chi connectivity index (χ2n) is 4.63. The molecule has 2 aromatic carbocycles. The molecule has 0 bridgehead atoms. The molecule has 0 aliphatic carbocycles. The van der Waals surface area contributed by atoms with Gasteiger partial charge in [-0.1, -0.05) is 39.7 Å². The molecule has 3 N–H and O–H groups in total. The van der Waals surface area contributed by atoms with Gasteiger partial charge in [0, 0.05) is 16.9 Å². The zero-order valence-corrected chi connectivity index (χ0v) is 13.2. The van der Waals surface area contributed by atoms with Gasteiger partial charge in [0.25, 0.3) is 0 Å². The SMILES string of the molecule is NCC(c1cccc(Cl)c1F)C(O)c1cc(F)cc(Br)c1. The Hall–Kier alpha value is -1.01. The maximum absolute atomic E-state index is 14.1. The lowest BCUT2D eigenvalue weighted by Gasteiger charge is -2.23. The van der Waals surface area contributed by atoms with Gasteiger partial charge in [0.15, 0.2) is 0 Å². The molecule has 0 aliphatic heterocycles. The minimum absolute atomic E-state index is 0.00738. The summed E-state index contributed by atoms with van der Waals surface area (Å²) in [7, 11) is 0. The summed E-state index contributed by atoms with van der Waals surface area (Å²) in [4.78, 5) is 0. The van der Waals surface area contributed by atoms with Crippen molar-refractivity contribution in [3.05, 3.63) is 68.7 Å². The zero-order valence-electron chi connectivity index (χ0n) is 10.9. The third-order valence-electron chi connectivity index (χ3n) is 3.24. The first-order valence-electron chi connectivity index (χ1n) is 6.22. The smallest absolute Gasteiger partial charge is 0.145 e. The van der Waals surface area contributed by atoms with Crippen LogP contribution in [0.25, 0.3) is 0 Å². The van der Waals surface area contributed by atoms with Crippen LogP contribution >= 0.6 is 27.5 Å². The fraction of sp³-hybridized carbons (Fsp3) is 0.200. The van der Waals surface area contributed by atoms with Gasteiger partial charge in [-0.05, 0) is 35.4 Å². The van der Waals surface area contributed by atoms with Crippen LogP contribution in [0.15, 0.2) is 40.9 Å². The van der Waals surface area contributed by atoms with Crippen LogP contribution in [0.1, 0.15) is 23.1 Å². The highest BCUT2D eigenvalue weighted by molar-refractivity contribution is 9.10. The molecule has 21 heavy (non-hydrogen) atoms. The number of halogens is 4. The van der Waals surface area contributed by atoms with Crippen LogP contribution < -0.4 is 5.73 Å². The number of rotatable bonds is 4. The van der Waals surface area contributed by atoms with E-state index in [4.69, 9.17) is 17.3 Å². The molecule has 112 valence electrons. The van der Waals surface area contributed by atoms with E-state index in [9.17, 15) is 13.9 Å². The number of benzene rings is 2. The van der Waals surface area contributed by atoms with Crippen molar-refractivity contribution >= 4 is 27.5 Å². The van der Waals surface area contributed by atoms with Crippen LogP contribution in [0.2, 0.25) is 5.02 Å². The van der Waals surface area contributed by atoms with Gasteiger partial charge in [-0.2, -0.15) is 0 Å². The van der Waals surface area contributed by atoms with Crippen molar-refractivity contribution in [3.8, 4) is 0 Å². The maximum Gasteiger partial charge on any atom is 0.145 e. The normalized spacial score (nSPS) is 14.0. The second-order valence-corrected chi connectivity index (χ2v) is 5.96. The van der Waals surface area contributed by atoms with Crippen molar-refractivity contribution in [1.82, 2.24) is 0 Å². The Kier molecular flexibility index (Phi) is 5.32. The summed E-state index contributed by atoms with van der Waals surface area (Å²) in [5, 5.41) is 10.4. The van der Waals surface area contributed by atoms with Crippen molar-refractivity contribution in [2.24, 2.45) is 5.73 Å². The summed E-state index contributed by atoms with van der Waals surface area (Å²) in [6.45, 7) is -0.00738. The molecule has 6 heteroatoms. The molecule has 0 saturated carbocycles. The highest BCUT2D eigenvalue weighted by Crippen LogP contribution is 2.34. The number of hydrogen-bond acceptors (Lipinski definition) is 2. The standard InChI is InChI=1S/C15H13BrClF2NO/c16-9-4-8(5-10(18)6-9)15(21)12(7-20)11-2-1-3-13(17)14(11)19/h1-6,12,15,21H,7,20H2. The molecule has 0 fully saturated rings. The highest BCUT2D eigenvalue weighted by atomic mass is 79.9. The van der Waals surface area contributed by atoms with Crippen molar-refractivity contribution in [2.45, 2.75) is 12.0 Å². The highest BCUT2D eigenvalue weighted by Gasteiger charge is 2.25. The molecule has 0 heterocycles. The van der Waals surface area contributed by atoms with Gasteiger partial charge in [0.1, 0.15) is 11.6 Å². The van der Waals surface area contributed by atoms with Gasteiger partial charge >= 0.3 is 0 Å². The number of nitrogens with two attached hydrogens (primary N) is 1. The molecule has 0 aliphatic rings. The lowest BCUT2D eigenvalue weighted by atomic mass is 9.89. The topological polar surface area (TPSA) is 46.2 Å². The van der Waals surface area contributed by atoms with E-state index in [0.29, 0.717) is 10.0 Å². The average molecular weight is 377 g/mol. The third kappa shape index (κ3) is 3.61. The van der Waals surface area contributed by atoms with Crippen LogP contribution in [0.3, 0.4) is 0 Å². The Balaban J connectivity index is 2.43. The minimum atomic E-state index is -1.14. The molecule has 2 unspecified atom stereocenters. The van der Waals surface area contributed by atoms with Crippen molar-refractivity contribution in [2.75, 3.05) is 6.54 Å². The number of hydrogen-bond donors (Lipinski definition) is 2. The summed E-state index contributed by atoms with van der Waals surface area (Å²) < 4.78 is 28.0. The molecule has 0 amide bonds. The van der Waals surface area contributed by atoms with Gasteiger partial charge in [-0.25, -0.2) is 8.78 Å². The summed E-state index contributed by atoms with van der Waals surface area (Å²) in [5.41, 5.74) is 6.19. The Morgan fingerprint density at radius 1 is 1.24 bits per heavy atom. The van der Waals surface area contributed by atoms with Gasteiger partial charge in [-0.15, -0.1) is 0 Å². The monoisotopic (exact) mass is 375 g/mol. The fourth-order valence-electron chi connectivity index (χ4n) is 2.21. The third-order valence-corrected chi connectivity index (χ3v) is 3.99.